The molecule has 2 heterocycles. The first kappa shape index (κ1) is 18.2. The first-order chi connectivity index (χ1) is 12.0. The van der Waals surface area contributed by atoms with Crippen molar-refractivity contribution in [1.82, 2.24) is 0 Å². The molecule has 1 fully saturated rings. The predicted molar refractivity (Wildman–Crippen MR) is 83.6 cm³/mol. The number of cyclic esters (lactones) is 1. The van der Waals surface area contributed by atoms with Crippen LogP contribution in [0.4, 0.5) is 0 Å². The highest BCUT2D eigenvalue weighted by Gasteiger charge is 2.44. The molecule has 0 aromatic heterocycles. The summed E-state index contributed by atoms with van der Waals surface area (Å²) in [5, 5.41) is 38.4. The van der Waals surface area contributed by atoms with Crippen molar-refractivity contribution in [2.24, 2.45) is 0 Å². The zero-order valence-corrected chi connectivity index (χ0v) is 13.5. The van der Waals surface area contributed by atoms with Crippen molar-refractivity contribution in [2.45, 2.75) is 49.7 Å². The molecule has 3 rings (SSSR count). The molecule has 1 aromatic rings. The van der Waals surface area contributed by atoms with E-state index in [1.54, 1.807) is 12.1 Å². The minimum atomic E-state index is -1.46. The van der Waals surface area contributed by atoms with Crippen LogP contribution >= 0.6 is 0 Å². The van der Waals surface area contributed by atoms with E-state index in [4.69, 9.17) is 19.3 Å². The van der Waals surface area contributed by atoms with Crippen LogP contribution in [0.3, 0.4) is 0 Å². The average Bonchev–Trinajstić information content (AvgIpc) is 2.95. The Hall–Kier alpha value is -1.55. The lowest BCUT2D eigenvalue weighted by atomic mass is 9.99. The van der Waals surface area contributed by atoms with E-state index in [0.29, 0.717) is 18.4 Å². The summed E-state index contributed by atoms with van der Waals surface area (Å²) in [6.45, 7) is -0.307. The summed E-state index contributed by atoms with van der Waals surface area (Å²) in [7, 11) is 0. The Kier molecular flexibility index (Phi) is 5.67. The van der Waals surface area contributed by atoms with Gasteiger partial charge in [-0.05, 0) is 18.9 Å². The zero-order chi connectivity index (χ0) is 18.0. The molecule has 0 bridgehead atoms. The number of carbonyl (C=O) groups excluding carboxylic acids is 1. The van der Waals surface area contributed by atoms with Gasteiger partial charge in [-0.2, -0.15) is 0 Å². The highest BCUT2D eigenvalue weighted by atomic mass is 16.7. The fraction of sp³-hybridized carbons (Fsp3) is 0.588. The maximum atomic E-state index is 11.8. The Labute approximate surface area is 144 Å². The number of esters is 1. The largest absolute Gasteiger partial charge is 0.454 e. The van der Waals surface area contributed by atoms with Crippen molar-refractivity contribution in [2.75, 3.05) is 13.2 Å². The first-order valence-corrected chi connectivity index (χ1v) is 8.25. The lowest BCUT2D eigenvalue weighted by molar-refractivity contribution is -0.301. The standard InChI is InChI=1S/C17H22O8/c18-8-12-13(19)14(20)15(21)17(25-12)23-7-3-6-11-9-4-1-2-5-10(9)16(22)24-11/h1-2,4-5,11-15,17-21H,3,6-8H2/t11-,12-,13-,14+,15-,17-/m0/s1. The van der Waals surface area contributed by atoms with E-state index in [1.807, 2.05) is 12.1 Å². The van der Waals surface area contributed by atoms with Gasteiger partial charge in [-0.25, -0.2) is 4.79 Å². The minimum Gasteiger partial charge on any atom is -0.454 e. The van der Waals surface area contributed by atoms with Crippen LogP contribution in [0.15, 0.2) is 24.3 Å². The number of aliphatic hydroxyl groups is 4. The number of hydrogen-bond acceptors (Lipinski definition) is 8. The lowest BCUT2D eigenvalue weighted by Gasteiger charge is -2.39. The molecule has 0 unspecified atom stereocenters. The SMILES string of the molecule is O=C1O[C@@H](CCCO[C@H]2O[C@@H](CO)[C@H](O)[C@@H](O)[C@@H]2O)c2ccccc21. The van der Waals surface area contributed by atoms with Crippen molar-refractivity contribution in [1.29, 1.82) is 0 Å². The van der Waals surface area contributed by atoms with Gasteiger partial charge in [0.25, 0.3) is 0 Å². The highest BCUT2D eigenvalue weighted by Crippen LogP contribution is 2.33. The molecule has 0 spiro atoms. The fourth-order valence-corrected chi connectivity index (χ4v) is 3.11. The lowest BCUT2D eigenvalue weighted by Crippen LogP contribution is -2.59. The van der Waals surface area contributed by atoms with E-state index < -0.39 is 37.3 Å². The number of carbonyl (C=O) groups is 1. The molecule has 0 aliphatic carbocycles. The van der Waals surface area contributed by atoms with Crippen LogP contribution in [-0.2, 0) is 14.2 Å². The van der Waals surface area contributed by atoms with E-state index in [9.17, 15) is 20.1 Å². The molecule has 1 aromatic carbocycles. The summed E-state index contributed by atoms with van der Waals surface area (Å²) in [5.74, 6) is -0.338. The van der Waals surface area contributed by atoms with Crippen molar-refractivity contribution < 1.29 is 39.4 Å². The van der Waals surface area contributed by atoms with Crippen molar-refractivity contribution in [3.05, 3.63) is 35.4 Å². The van der Waals surface area contributed by atoms with E-state index in [-0.39, 0.29) is 18.7 Å². The first-order valence-electron chi connectivity index (χ1n) is 8.25. The third-order valence-corrected chi connectivity index (χ3v) is 4.52. The predicted octanol–water partition coefficient (Wildman–Crippen LogP) is -0.505. The number of ether oxygens (including phenoxy) is 3. The van der Waals surface area contributed by atoms with Crippen LogP contribution in [0.25, 0.3) is 0 Å². The van der Waals surface area contributed by atoms with Gasteiger partial charge in [0.1, 0.15) is 30.5 Å². The van der Waals surface area contributed by atoms with Gasteiger partial charge in [-0.1, -0.05) is 18.2 Å². The van der Waals surface area contributed by atoms with Gasteiger partial charge < -0.3 is 34.6 Å². The Morgan fingerprint density at radius 2 is 1.84 bits per heavy atom. The average molecular weight is 354 g/mol. The fourth-order valence-electron chi connectivity index (χ4n) is 3.11. The van der Waals surface area contributed by atoms with Crippen molar-refractivity contribution >= 4 is 5.97 Å². The number of fused-ring (bicyclic) bond motifs is 1. The van der Waals surface area contributed by atoms with Gasteiger partial charge >= 0.3 is 5.97 Å². The molecular weight excluding hydrogens is 332 g/mol. The molecule has 0 amide bonds. The molecule has 1 saturated heterocycles. The second-order valence-corrected chi connectivity index (χ2v) is 6.19. The molecular formula is C17H22O8. The van der Waals surface area contributed by atoms with E-state index in [0.717, 1.165) is 5.56 Å². The van der Waals surface area contributed by atoms with Crippen LogP contribution in [0, 0.1) is 0 Å². The van der Waals surface area contributed by atoms with Gasteiger partial charge in [0.05, 0.1) is 18.8 Å². The summed E-state index contributed by atoms with van der Waals surface area (Å²) >= 11 is 0. The Morgan fingerprint density at radius 3 is 2.60 bits per heavy atom. The molecule has 8 heteroatoms. The van der Waals surface area contributed by atoms with E-state index in [1.165, 1.54) is 0 Å². The number of benzene rings is 1. The molecule has 2 aliphatic rings. The Bertz CT molecular complexity index is 604. The van der Waals surface area contributed by atoms with Gasteiger partial charge in [0.2, 0.25) is 0 Å². The van der Waals surface area contributed by atoms with Crippen molar-refractivity contribution in [3.63, 3.8) is 0 Å². The summed E-state index contributed by atoms with van der Waals surface area (Å²) in [4.78, 5) is 11.8. The van der Waals surface area contributed by atoms with Gasteiger partial charge in [0.15, 0.2) is 6.29 Å². The summed E-state index contributed by atoms with van der Waals surface area (Å²) < 4.78 is 16.0. The van der Waals surface area contributed by atoms with E-state index in [2.05, 4.69) is 0 Å². The quantitative estimate of drug-likeness (QED) is 0.398. The van der Waals surface area contributed by atoms with Crippen LogP contribution in [0.1, 0.15) is 34.9 Å². The number of rotatable bonds is 6. The summed E-state index contributed by atoms with van der Waals surface area (Å²) in [6, 6.07) is 7.20. The second-order valence-electron chi connectivity index (χ2n) is 6.19. The second kappa shape index (κ2) is 7.77. The molecule has 0 saturated carbocycles. The molecule has 6 atom stereocenters. The normalized spacial score (nSPS) is 34.6. The van der Waals surface area contributed by atoms with Crippen LogP contribution in [-0.4, -0.2) is 70.3 Å². The number of aliphatic hydroxyl groups excluding tert-OH is 4. The monoisotopic (exact) mass is 354 g/mol. The van der Waals surface area contributed by atoms with Crippen molar-refractivity contribution in [3.8, 4) is 0 Å². The molecule has 2 aliphatic heterocycles. The van der Waals surface area contributed by atoms with Crippen LogP contribution < -0.4 is 0 Å². The smallest absolute Gasteiger partial charge is 0.339 e. The highest BCUT2D eigenvalue weighted by molar-refractivity contribution is 5.93. The molecule has 0 radical (unpaired) electrons. The molecule has 138 valence electrons. The molecule has 8 nitrogen and oxygen atoms in total. The van der Waals surface area contributed by atoms with Crippen LogP contribution in [0.2, 0.25) is 0 Å². The van der Waals surface area contributed by atoms with Gasteiger partial charge in [0, 0.05) is 5.56 Å². The van der Waals surface area contributed by atoms with Gasteiger partial charge in [-0.15, -0.1) is 0 Å². The maximum Gasteiger partial charge on any atom is 0.339 e. The molecule has 4 N–H and O–H groups in total. The van der Waals surface area contributed by atoms with E-state index >= 15 is 0 Å². The van der Waals surface area contributed by atoms with Gasteiger partial charge in [-0.3, -0.25) is 0 Å². The maximum absolute atomic E-state index is 11.8. The third kappa shape index (κ3) is 3.69. The summed E-state index contributed by atoms with van der Waals surface area (Å²) in [6.07, 6.45) is -5.68. The topological polar surface area (TPSA) is 126 Å². The third-order valence-electron chi connectivity index (χ3n) is 4.52. The molecule has 25 heavy (non-hydrogen) atoms. The van der Waals surface area contributed by atoms with Crippen LogP contribution in [0.5, 0.6) is 0 Å². The summed E-state index contributed by atoms with van der Waals surface area (Å²) in [5.41, 5.74) is 1.42. The zero-order valence-electron chi connectivity index (χ0n) is 13.5. The Balaban J connectivity index is 1.48. The Morgan fingerprint density at radius 1 is 1.08 bits per heavy atom. The minimum absolute atomic E-state index is 0.193. The number of hydrogen-bond donors (Lipinski definition) is 4.